The molecule has 1 heterocycles. The Labute approximate surface area is 139 Å². The van der Waals surface area contributed by atoms with Crippen LogP contribution in [0.4, 0.5) is 0 Å². The van der Waals surface area contributed by atoms with Crippen LogP contribution in [-0.4, -0.2) is 39.7 Å². The van der Waals surface area contributed by atoms with Gasteiger partial charge in [0, 0.05) is 32.2 Å². The Morgan fingerprint density at radius 3 is 2.82 bits per heavy atom. The summed E-state index contributed by atoms with van der Waals surface area (Å²) in [4.78, 5) is 10.6. The van der Waals surface area contributed by atoms with Gasteiger partial charge in [-0.2, -0.15) is 5.10 Å². The monoisotopic (exact) mass is 364 g/mol. The van der Waals surface area contributed by atoms with Crippen LogP contribution in [0.3, 0.4) is 0 Å². The number of nitrogens with zero attached hydrogens (tertiary/aromatic N) is 5. The van der Waals surface area contributed by atoms with E-state index in [9.17, 15) is 0 Å². The number of aliphatic imine (C=N–C) groups is 1. The summed E-state index contributed by atoms with van der Waals surface area (Å²) in [7, 11) is 5.65. The van der Waals surface area contributed by atoms with Crippen molar-refractivity contribution >= 4 is 21.9 Å². The molecule has 1 N–H and O–H groups in total. The molecule has 0 aliphatic heterocycles. The number of hydrogen-bond donors (Lipinski definition) is 1. The maximum Gasteiger partial charge on any atom is 0.194 e. The molecular formula is C15H21BrN6. The molecule has 0 aliphatic carbocycles. The van der Waals surface area contributed by atoms with Crippen molar-refractivity contribution in [1.29, 1.82) is 0 Å². The van der Waals surface area contributed by atoms with Gasteiger partial charge in [0.1, 0.15) is 12.2 Å². The van der Waals surface area contributed by atoms with E-state index in [1.165, 1.54) is 11.1 Å². The fourth-order valence-electron chi connectivity index (χ4n) is 2.17. The molecule has 0 unspecified atom stereocenters. The number of benzene rings is 1. The van der Waals surface area contributed by atoms with Crippen LogP contribution in [-0.2, 0) is 20.1 Å². The van der Waals surface area contributed by atoms with E-state index < -0.39 is 0 Å². The van der Waals surface area contributed by atoms with E-state index in [4.69, 9.17) is 0 Å². The third-order valence-electron chi connectivity index (χ3n) is 3.50. The molecule has 0 fully saturated rings. The number of hydrogen-bond acceptors (Lipinski definition) is 3. The third kappa shape index (κ3) is 4.07. The van der Waals surface area contributed by atoms with Crippen molar-refractivity contribution in [1.82, 2.24) is 25.0 Å². The van der Waals surface area contributed by atoms with E-state index in [2.05, 4.69) is 61.4 Å². The lowest BCUT2D eigenvalue weighted by Crippen LogP contribution is -2.38. The van der Waals surface area contributed by atoms with Gasteiger partial charge in [-0.1, -0.05) is 22.0 Å². The standard InChI is InChI=1S/C15H21BrN6/c1-11-7-13(16)6-5-12(11)8-18-15(17-2)21(3)9-14-19-10-20-22(14)4/h5-7,10H,8-9H2,1-4H3,(H,17,18). The van der Waals surface area contributed by atoms with Crippen molar-refractivity contribution < 1.29 is 0 Å². The highest BCUT2D eigenvalue weighted by atomic mass is 79.9. The van der Waals surface area contributed by atoms with Crippen LogP contribution in [0, 0.1) is 6.92 Å². The van der Waals surface area contributed by atoms with Crippen molar-refractivity contribution in [3.05, 3.63) is 46.0 Å². The second-order valence-electron chi connectivity index (χ2n) is 5.13. The molecule has 1 aromatic carbocycles. The minimum atomic E-state index is 0.648. The van der Waals surface area contributed by atoms with Gasteiger partial charge in [0.05, 0.1) is 6.54 Å². The molecule has 1 aromatic heterocycles. The molecule has 0 atom stereocenters. The molecule has 2 rings (SSSR count). The van der Waals surface area contributed by atoms with Crippen LogP contribution in [0.2, 0.25) is 0 Å². The highest BCUT2D eigenvalue weighted by Gasteiger charge is 2.10. The number of halogens is 1. The first-order valence-electron chi connectivity index (χ1n) is 7.01. The molecule has 0 saturated carbocycles. The zero-order chi connectivity index (χ0) is 16.1. The highest BCUT2D eigenvalue weighted by Crippen LogP contribution is 2.15. The molecule has 118 valence electrons. The average molecular weight is 365 g/mol. The normalized spacial score (nSPS) is 11.6. The van der Waals surface area contributed by atoms with Crippen LogP contribution >= 0.6 is 15.9 Å². The fourth-order valence-corrected chi connectivity index (χ4v) is 2.64. The average Bonchev–Trinajstić information content (AvgIpc) is 2.87. The van der Waals surface area contributed by atoms with Crippen LogP contribution < -0.4 is 5.32 Å². The van der Waals surface area contributed by atoms with E-state index in [0.717, 1.165) is 22.8 Å². The fraction of sp³-hybridized carbons (Fsp3) is 0.400. The molecule has 2 aromatic rings. The number of guanidine groups is 1. The van der Waals surface area contributed by atoms with E-state index in [1.807, 2.05) is 19.0 Å². The van der Waals surface area contributed by atoms with Crippen LogP contribution in [0.25, 0.3) is 0 Å². The number of aryl methyl sites for hydroxylation is 2. The molecule has 0 saturated heterocycles. The maximum atomic E-state index is 4.33. The Morgan fingerprint density at radius 2 is 2.23 bits per heavy atom. The van der Waals surface area contributed by atoms with E-state index in [0.29, 0.717) is 6.54 Å². The van der Waals surface area contributed by atoms with Gasteiger partial charge in [-0.25, -0.2) is 4.98 Å². The Kier molecular flexibility index (Phi) is 5.54. The minimum Gasteiger partial charge on any atom is -0.352 e. The number of aromatic nitrogens is 3. The van der Waals surface area contributed by atoms with Gasteiger partial charge in [-0.05, 0) is 30.2 Å². The molecule has 0 radical (unpaired) electrons. The van der Waals surface area contributed by atoms with Crippen LogP contribution in [0.1, 0.15) is 17.0 Å². The van der Waals surface area contributed by atoms with Gasteiger partial charge < -0.3 is 10.2 Å². The first-order chi connectivity index (χ1) is 10.5. The topological polar surface area (TPSA) is 58.3 Å². The molecule has 0 spiro atoms. The summed E-state index contributed by atoms with van der Waals surface area (Å²) < 4.78 is 2.86. The maximum absolute atomic E-state index is 4.33. The van der Waals surface area contributed by atoms with Crippen molar-refractivity contribution in [2.45, 2.75) is 20.0 Å². The molecule has 0 bridgehead atoms. The van der Waals surface area contributed by atoms with Crippen molar-refractivity contribution in [2.24, 2.45) is 12.0 Å². The zero-order valence-electron chi connectivity index (χ0n) is 13.3. The summed E-state index contributed by atoms with van der Waals surface area (Å²) in [5.74, 6) is 1.72. The molecule has 0 amide bonds. The van der Waals surface area contributed by atoms with Crippen molar-refractivity contribution in [3.8, 4) is 0 Å². The lowest BCUT2D eigenvalue weighted by molar-refractivity contribution is 0.448. The first-order valence-corrected chi connectivity index (χ1v) is 7.80. The lowest BCUT2D eigenvalue weighted by Gasteiger charge is -2.22. The minimum absolute atomic E-state index is 0.648. The van der Waals surface area contributed by atoms with Crippen molar-refractivity contribution in [3.63, 3.8) is 0 Å². The summed E-state index contributed by atoms with van der Waals surface area (Å²) >= 11 is 3.49. The predicted molar refractivity (Wildman–Crippen MR) is 91.5 cm³/mol. The van der Waals surface area contributed by atoms with Crippen LogP contribution in [0.5, 0.6) is 0 Å². The van der Waals surface area contributed by atoms with Crippen molar-refractivity contribution in [2.75, 3.05) is 14.1 Å². The van der Waals surface area contributed by atoms with Gasteiger partial charge in [-0.15, -0.1) is 0 Å². The Hall–Kier alpha value is -1.89. The second-order valence-corrected chi connectivity index (χ2v) is 6.04. The quantitative estimate of drug-likeness (QED) is 0.666. The summed E-state index contributed by atoms with van der Waals surface area (Å²) in [6.07, 6.45) is 1.56. The molecular weight excluding hydrogens is 344 g/mol. The summed E-state index contributed by atoms with van der Waals surface area (Å²) in [5.41, 5.74) is 2.49. The SMILES string of the molecule is CN=C(NCc1ccc(Br)cc1C)N(C)Cc1ncnn1C. The number of rotatable bonds is 4. The molecule has 22 heavy (non-hydrogen) atoms. The molecule has 0 aliphatic rings. The lowest BCUT2D eigenvalue weighted by atomic mass is 10.1. The van der Waals surface area contributed by atoms with Gasteiger partial charge in [0.25, 0.3) is 0 Å². The first kappa shape index (κ1) is 16.5. The van der Waals surface area contributed by atoms with Gasteiger partial charge >= 0.3 is 0 Å². The Morgan fingerprint density at radius 1 is 1.45 bits per heavy atom. The number of nitrogens with one attached hydrogen (secondary N) is 1. The van der Waals surface area contributed by atoms with Gasteiger partial charge in [0.15, 0.2) is 5.96 Å². The summed E-state index contributed by atoms with van der Waals surface area (Å²) in [5, 5.41) is 7.46. The Balaban J connectivity index is 1.98. The second kappa shape index (κ2) is 7.40. The van der Waals surface area contributed by atoms with E-state index >= 15 is 0 Å². The van der Waals surface area contributed by atoms with E-state index in [1.54, 1.807) is 18.1 Å². The van der Waals surface area contributed by atoms with Gasteiger partial charge in [-0.3, -0.25) is 9.67 Å². The highest BCUT2D eigenvalue weighted by molar-refractivity contribution is 9.10. The zero-order valence-corrected chi connectivity index (χ0v) is 14.9. The summed E-state index contributed by atoms with van der Waals surface area (Å²) in [6.45, 7) is 3.48. The molecule has 7 heteroatoms. The molecule has 6 nitrogen and oxygen atoms in total. The third-order valence-corrected chi connectivity index (χ3v) is 3.99. The predicted octanol–water partition coefficient (Wildman–Crippen LogP) is 2.09. The smallest absolute Gasteiger partial charge is 0.194 e. The largest absolute Gasteiger partial charge is 0.352 e. The van der Waals surface area contributed by atoms with Crippen LogP contribution in [0.15, 0.2) is 34.0 Å². The Bertz CT molecular complexity index is 664. The van der Waals surface area contributed by atoms with E-state index in [-0.39, 0.29) is 0 Å². The van der Waals surface area contributed by atoms with Gasteiger partial charge in [0.2, 0.25) is 0 Å². The summed E-state index contributed by atoms with van der Waals surface area (Å²) in [6, 6.07) is 6.28.